The zero-order valence-electron chi connectivity index (χ0n) is 15.5. The summed E-state index contributed by atoms with van der Waals surface area (Å²) < 4.78 is 35.4. The molecule has 0 spiro atoms. The van der Waals surface area contributed by atoms with Crippen LogP contribution in [0.25, 0.3) is 16.7 Å². The average molecular weight is 417 g/mol. The van der Waals surface area contributed by atoms with E-state index in [2.05, 4.69) is 19.9 Å². The Bertz CT molecular complexity index is 1470. The van der Waals surface area contributed by atoms with Crippen LogP contribution in [-0.2, 0) is 10.0 Å². The predicted molar refractivity (Wildman–Crippen MR) is 112 cm³/mol. The summed E-state index contributed by atoms with van der Waals surface area (Å²) in [6.45, 7) is 0. The van der Waals surface area contributed by atoms with Crippen LogP contribution in [0, 0.1) is 0 Å². The number of para-hydroxylation sites is 2. The minimum absolute atomic E-state index is 0.178. The highest BCUT2D eigenvalue weighted by Gasteiger charge is 2.15. The van der Waals surface area contributed by atoms with E-state index in [1.165, 1.54) is 12.1 Å². The van der Waals surface area contributed by atoms with Crippen molar-refractivity contribution in [1.29, 1.82) is 0 Å². The summed E-state index contributed by atoms with van der Waals surface area (Å²) in [4.78, 5) is 4.72. The van der Waals surface area contributed by atoms with Gasteiger partial charge in [0.25, 0.3) is 15.9 Å². The van der Waals surface area contributed by atoms with E-state index in [0.717, 1.165) is 11.0 Å². The molecule has 148 valence electrons. The maximum atomic E-state index is 12.6. The number of sulfonamides is 1. The first-order valence-electron chi connectivity index (χ1n) is 9.04. The molecule has 0 amide bonds. The zero-order valence-corrected chi connectivity index (χ0v) is 16.3. The molecule has 5 rings (SSSR count). The third-order valence-corrected chi connectivity index (χ3v) is 5.85. The molecule has 0 fully saturated rings. The van der Waals surface area contributed by atoms with Crippen molar-refractivity contribution in [2.75, 3.05) is 4.72 Å². The number of anilines is 1. The highest BCUT2D eigenvalue weighted by Crippen LogP contribution is 2.28. The Balaban J connectivity index is 1.49. The third-order valence-electron chi connectivity index (χ3n) is 4.46. The molecule has 0 bridgehead atoms. The van der Waals surface area contributed by atoms with Gasteiger partial charge in [-0.25, -0.2) is 13.4 Å². The minimum atomic E-state index is -3.71. The van der Waals surface area contributed by atoms with E-state index in [1.807, 2.05) is 24.3 Å². The summed E-state index contributed by atoms with van der Waals surface area (Å²) in [6.07, 6.45) is 1.59. The molecule has 2 heterocycles. The molecular formula is C21H15N5O3S. The summed E-state index contributed by atoms with van der Waals surface area (Å²) in [5, 5.41) is 8.06. The van der Waals surface area contributed by atoms with Gasteiger partial charge in [0.15, 0.2) is 0 Å². The number of hydrogen-bond donors (Lipinski definition) is 1. The standard InChI is InChI=1S/C21H15N5O3S/c27-30(28,17-9-2-1-3-10-17)25-15-7-6-8-16(13-15)29-21-20-24-22-14-26(20)19-12-5-4-11-18(19)23-21/h1-14,25H. The molecule has 2 aromatic heterocycles. The normalized spacial score (nSPS) is 11.6. The van der Waals surface area contributed by atoms with Crippen LogP contribution < -0.4 is 9.46 Å². The van der Waals surface area contributed by atoms with Gasteiger partial charge in [-0.05, 0) is 36.4 Å². The molecule has 8 nitrogen and oxygen atoms in total. The van der Waals surface area contributed by atoms with Gasteiger partial charge in [0.05, 0.1) is 21.6 Å². The van der Waals surface area contributed by atoms with Crippen molar-refractivity contribution in [3.63, 3.8) is 0 Å². The molecule has 1 N–H and O–H groups in total. The second kappa shape index (κ2) is 7.12. The van der Waals surface area contributed by atoms with Crippen molar-refractivity contribution in [1.82, 2.24) is 19.6 Å². The summed E-state index contributed by atoms with van der Waals surface area (Å²) in [5.41, 5.74) is 2.41. The minimum Gasteiger partial charge on any atom is -0.436 e. The van der Waals surface area contributed by atoms with Crippen LogP contribution in [0.4, 0.5) is 5.69 Å². The molecular weight excluding hydrogens is 402 g/mol. The second-order valence-electron chi connectivity index (χ2n) is 6.48. The lowest BCUT2D eigenvalue weighted by Gasteiger charge is -2.11. The monoisotopic (exact) mass is 417 g/mol. The number of fused-ring (bicyclic) bond motifs is 3. The van der Waals surface area contributed by atoms with E-state index in [1.54, 1.807) is 53.2 Å². The number of nitrogens with one attached hydrogen (secondary N) is 1. The first-order valence-corrected chi connectivity index (χ1v) is 10.5. The molecule has 30 heavy (non-hydrogen) atoms. The smallest absolute Gasteiger partial charge is 0.266 e. The van der Waals surface area contributed by atoms with E-state index in [4.69, 9.17) is 4.74 Å². The molecule has 9 heteroatoms. The number of rotatable bonds is 5. The lowest BCUT2D eigenvalue weighted by atomic mass is 10.3. The Kier molecular flexibility index (Phi) is 4.29. The molecule has 0 saturated heterocycles. The lowest BCUT2D eigenvalue weighted by Crippen LogP contribution is -2.12. The molecule has 0 unspecified atom stereocenters. The van der Waals surface area contributed by atoms with Crippen LogP contribution in [0.3, 0.4) is 0 Å². The van der Waals surface area contributed by atoms with Gasteiger partial charge in [0.2, 0.25) is 5.65 Å². The summed E-state index contributed by atoms with van der Waals surface area (Å²) in [5.74, 6) is 0.685. The molecule has 0 saturated carbocycles. The lowest BCUT2D eigenvalue weighted by molar-refractivity contribution is 0.467. The van der Waals surface area contributed by atoms with Crippen LogP contribution in [0.2, 0.25) is 0 Å². The predicted octanol–water partition coefficient (Wildman–Crippen LogP) is 3.87. The fourth-order valence-electron chi connectivity index (χ4n) is 3.10. The van der Waals surface area contributed by atoms with E-state index in [9.17, 15) is 8.42 Å². The fourth-order valence-corrected chi connectivity index (χ4v) is 4.17. The van der Waals surface area contributed by atoms with Gasteiger partial charge < -0.3 is 4.74 Å². The Morgan fingerprint density at radius 3 is 2.57 bits per heavy atom. The third kappa shape index (κ3) is 3.31. The number of hydrogen-bond acceptors (Lipinski definition) is 6. The molecule has 5 aromatic rings. The van der Waals surface area contributed by atoms with E-state index in [-0.39, 0.29) is 10.8 Å². The first-order chi connectivity index (χ1) is 14.6. The maximum absolute atomic E-state index is 12.6. The Morgan fingerprint density at radius 1 is 0.900 bits per heavy atom. The van der Waals surface area contributed by atoms with Crippen molar-refractivity contribution in [2.24, 2.45) is 0 Å². The van der Waals surface area contributed by atoms with Crippen molar-refractivity contribution < 1.29 is 13.2 Å². The van der Waals surface area contributed by atoms with Gasteiger partial charge in [-0.15, -0.1) is 10.2 Å². The first kappa shape index (κ1) is 18.1. The van der Waals surface area contributed by atoms with E-state index < -0.39 is 10.0 Å². The molecule has 0 aliphatic heterocycles. The van der Waals surface area contributed by atoms with Crippen molar-refractivity contribution in [3.8, 4) is 11.6 Å². The zero-order chi connectivity index (χ0) is 20.6. The van der Waals surface area contributed by atoms with Crippen LogP contribution >= 0.6 is 0 Å². The molecule has 0 aliphatic rings. The molecule has 3 aromatic carbocycles. The van der Waals surface area contributed by atoms with Crippen LogP contribution in [-0.4, -0.2) is 28.0 Å². The second-order valence-corrected chi connectivity index (χ2v) is 8.16. The fraction of sp³-hybridized carbons (Fsp3) is 0. The van der Waals surface area contributed by atoms with Gasteiger partial charge in [-0.3, -0.25) is 9.12 Å². The number of nitrogens with zero attached hydrogens (tertiary/aromatic N) is 4. The average Bonchev–Trinajstić information content (AvgIpc) is 3.25. The molecule has 0 aliphatic carbocycles. The van der Waals surface area contributed by atoms with Crippen molar-refractivity contribution in [2.45, 2.75) is 4.90 Å². The number of ether oxygens (including phenoxy) is 1. The number of benzene rings is 3. The van der Waals surface area contributed by atoms with Crippen molar-refractivity contribution >= 4 is 32.4 Å². The van der Waals surface area contributed by atoms with Gasteiger partial charge in [-0.2, -0.15) is 0 Å². The van der Waals surface area contributed by atoms with Crippen LogP contribution in [0.5, 0.6) is 11.6 Å². The SMILES string of the molecule is O=S(=O)(Nc1cccc(Oc2nc3ccccc3n3cnnc23)c1)c1ccccc1. The largest absolute Gasteiger partial charge is 0.436 e. The van der Waals surface area contributed by atoms with Crippen LogP contribution in [0.1, 0.15) is 0 Å². The molecule has 0 atom stereocenters. The quantitative estimate of drug-likeness (QED) is 0.466. The topological polar surface area (TPSA) is 98.5 Å². The van der Waals surface area contributed by atoms with Crippen molar-refractivity contribution in [3.05, 3.63) is 85.2 Å². The summed E-state index contributed by atoms with van der Waals surface area (Å²) in [6, 6.07) is 22.4. The highest BCUT2D eigenvalue weighted by molar-refractivity contribution is 7.92. The Hall–Kier alpha value is -3.98. The summed E-state index contributed by atoms with van der Waals surface area (Å²) >= 11 is 0. The van der Waals surface area contributed by atoms with E-state index >= 15 is 0 Å². The van der Waals surface area contributed by atoms with E-state index in [0.29, 0.717) is 17.1 Å². The molecule has 0 radical (unpaired) electrons. The van der Waals surface area contributed by atoms with Gasteiger partial charge in [0, 0.05) is 6.07 Å². The van der Waals surface area contributed by atoms with Gasteiger partial charge >= 0.3 is 0 Å². The number of aromatic nitrogens is 4. The summed E-state index contributed by atoms with van der Waals surface area (Å²) in [7, 11) is -3.71. The van der Waals surface area contributed by atoms with Crippen LogP contribution in [0.15, 0.2) is 90.1 Å². The maximum Gasteiger partial charge on any atom is 0.266 e. The van der Waals surface area contributed by atoms with Gasteiger partial charge in [0.1, 0.15) is 12.1 Å². The Morgan fingerprint density at radius 2 is 1.70 bits per heavy atom. The van der Waals surface area contributed by atoms with Gasteiger partial charge in [-0.1, -0.05) is 36.4 Å². The Labute approximate surface area is 171 Å². The highest BCUT2D eigenvalue weighted by atomic mass is 32.2.